The second-order valence-corrected chi connectivity index (χ2v) is 6.64. The number of nitrogens with zero attached hydrogens (tertiary/aromatic N) is 2. The van der Waals surface area contributed by atoms with E-state index in [9.17, 15) is 9.59 Å². The quantitative estimate of drug-likeness (QED) is 0.857. The molecule has 1 aromatic heterocycles. The molecule has 25 heavy (non-hydrogen) atoms. The number of hydrogen-bond acceptors (Lipinski definition) is 4. The van der Waals surface area contributed by atoms with E-state index >= 15 is 0 Å². The highest BCUT2D eigenvalue weighted by Gasteiger charge is 2.26. The lowest BCUT2D eigenvalue weighted by Crippen LogP contribution is -2.46. The van der Waals surface area contributed by atoms with Gasteiger partial charge in [0.15, 0.2) is 0 Å². The van der Waals surface area contributed by atoms with Crippen LogP contribution < -0.4 is 15.4 Å². The van der Waals surface area contributed by atoms with Gasteiger partial charge < -0.3 is 20.3 Å². The number of carbonyl (C=O) groups excluding carboxylic acids is 2. The summed E-state index contributed by atoms with van der Waals surface area (Å²) in [5.74, 6) is 0.795. The summed E-state index contributed by atoms with van der Waals surface area (Å²) in [5.41, 5.74) is 0.704. The van der Waals surface area contributed by atoms with Gasteiger partial charge in [0.1, 0.15) is 6.10 Å². The molecule has 1 aliphatic carbocycles. The molecule has 1 aromatic rings. The molecule has 136 valence electrons. The van der Waals surface area contributed by atoms with E-state index in [1.54, 1.807) is 12.3 Å². The van der Waals surface area contributed by atoms with E-state index in [1.807, 2.05) is 17.9 Å². The zero-order chi connectivity index (χ0) is 17.6. The van der Waals surface area contributed by atoms with Gasteiger partial charge in [-0.2, -0.15) is 0 Å². The van der Waals surface area contributed by atoms with E-state index in [4.69, 9.17) is 4.74 Å². The predicted molar refractivity (Wildman–Crippen MR) is 94.5 cm³/mol. The minimum atomic E-state index is -0.00867. The Balaban J connectivity index is 1.44. The molecule has 1 saturated carbocycles. The molecule has 2 aliphatic rings. The molecule has 0 unspecified atom stereocenters. The molecule has 7 nitrogen and oxygen atoms in total. The van der Waals surface area contributed by atoms with Gasteiger partial charge in [-0.15, -0.1) is 0 Å². The van der Waals surface area contributed by atoms with Gasteiger partial charge in [-0.1, -0.05) is 6.42 Å². The van der Waals surface area contributed by atoms with E-state index in [2.05, 4.69) is 15.6 Å². The Morgan fingerprint density at radius 1 is 1.24 bits per heavy atom. The molecule has 0 spiro atoms. The highest BCUT2D eigenvalue weighted by molar-refractivity contribution is 5.92. The molecular weight excluding hydrogens is 320 g/mol. The van der Waals surface area contributed by atoms with Crippen molar-refractivity contribution in [1.29, 1.82) is 0 Å². The van der Waals surface area contributed by atoms with Crippen molar-refractivity contribution in [2.75, 3.05) is 25.0 Å². The Morgan fingerprint density at radius 2 is 2.00 bits per heavy atom. The fourth-order valence-electron chi connectivity index (χ4n) is 3.05. The number of anilines is 1. The second kappa shape index (κ2) is 8.18. The van der Waals surface area contributed by atoms with Gasteiger partial charge in [0.05, 0.1) is 11.9 Å². The largest absolute Gasteiger partial charge is 0.474 e. The Kier molecular flexibility index (Phi) is 5.73. The second-order valence-electron chi connectivity index (χ2n) is 6.64. The molecular formula is C18H26N4O3. The zero-order valence-electron chi connectivity index (χ0n) is 14.7. The van der Waals surface area contributed by atoms with Crippen LogP contribution in [0.4, 0.5) is 10.5 Å². The number of nitrogens with one attached hydrogen (secondary N) is 2. The van der Waals surface area contributed by atoms with Gasteiger partial charge in [-0.25, -0.2) is 9.78 Å². The van der Waals surface area contributed by atoms with Crippen molar-refractivity contribution in [3.05, 3.63) is 18.3 Å². The molecule has 2 fully saturated rings. The number of pyridine rings is 1. The molecule has 0 aromatic carbocycles. The maximum absolute atomic E-state index is 11.9. The van der Waals surface area contributed by atoms with Crippen molar-refractivity contribution in [1.82, 2.24) is 15.2 Å². The fourth-order valence-corrected chi connectivity index (χ4v) is 3.05. The Hall–Kier alpha value is -2.31. The van der Waals surface area contributed by atoms with E-state index in [0.29, 0.717) is 31.2 Å². The number of piperidine rings is 1. The van der Waals surface area contributed by atoms with E-state index < -0.39 is 0 Å². The minimum absolute atomic E-state index is 0.00867. The summed E-state index contributed by atoms with van der Waals surface area (Å²) in [6, 6.07) is 3.60. The van der Waals surface area contributed by atoms with Crippen molar-refractivity contribution in [3.63, 3.8) is 0 Å². The number of aromatic nitrogens is 1. The fraction of sp³-hybridized carbons (Fsp3) is 0.611. The Morgan fingerprint density at radius 3 is 2.56 bits per heavy atom. The van der Waals surface area contributed by atoms with Crippen LogP contribution in [0.25, 0.3) is 0 Å². The van der Waals surface area contributed by atoms with Crippen LogP contribution in [0.3, 0.4) is 0 Å². The number of likely N-dealkylation sites (tertiary alicyclic amines) is 1. The number of hydrogen-bond donors (Lipinski definition) is 2. The third-order valence-electron chi connectivity index (χ3n) is 4.82. The molecule has 0 atom stereocenters. The highest BCUT2D eigenvalue weighted by atomic mass is 16.5. The number of rotatable bonds is 5. The lowest BCUT2D eigenvalue weighted by atomic mass is 9.85. The van der Waals surface area contributed by atoms with E-state index in [1.165, 1.54) is 0 Å². The first kappa shape index (κ1) is 17.5. The monoisotopic (exact) mass is 346 g/mol. The van der Waals surface area contributed by atoms with Crippen LogP contribution in [0.2, 0.25) is 0 Å². The molecule has 2 N–H and O–H groups in total. The Bertz CT molecular complexity index is 593. The van der Waals surface area contributed by atoms with Crippen molar-refractivity contribution >= 4 is 17.6 Å². The van der Waals surface area contributed by atoms with Gasteiger partial charge in [-0.3, -0.25) is 4.79 Å². The molecule has 3 amide bonds. The number of ether oxygens (including phenoxy) is 1. The van der Waals surface area contributed by atoms with Crippen LogP contribution in [-0.4, -0.2) is 47.6 Å². The third-order valence-corrected chi connectivity index (χ3v) is 4.82. The third kappa shape index (κ3) is 4.61. The lowest BCUT2D eigenvalue weighted by molar-refractivity contribution is -0.122. The first-order valence-corrected chi connectivity index (χ1v) is 9.12. The van der Waals surface area contributed by atoms with Crippen LogP contribution in [-0.2, 0) is 4.79 Å². The van der Waals surface area contributed by atoms with E-state index in [-0.39, 0.29) is 24.0 Å². The smallest absolute Gasteiger partial charge is 0.317 e. The van der Waals surface area contributed by atoms with Gasteiger partial charge in [0.2, 0.25) is 11.8 Å². The lowest BCUT2D eigenvalue weighted by Gasteiger charge is -2.31. The Labute approximate surface area is 148 Å². The SMILES string of the molecule is CCNC(=O)N1CCC(Oc2ccc(NC(=O)C3CCC3)cn2)CC1. The topological polar surface area (TPSA) is 83.6 Å². The predicted octanol–water partition coefficient (Wildman–Crippen LogP) is 2.39. The first-order valence-electron chi connectivity index (χ1n) is 9.12. The summed E-state index contributed by atoms with van der Waals surface area (Å²) in [6.07, 6.45) is 6.38. The zero-order valence-corrected chi connectivity index (χ0v) is 14.7. The molecule has 0 radical (unpaired) electrons. The van der Waals surface area contributed by atoms with Crippen LogP contribution in [0.15, 0.2) is 18.3 Å². The van der Waals surface area contributed by atoms with Gasteiger partial charge in [-0.05, 0) is 25.8 Å². The molecule has 2 heterocycles. The summed E-state index contributed by atoms with van der Waals surface area (Å²) >= 11 is 0. The van der Waals surface area contributed by atoms with Gasteiger partial charge >= 0.3 is 6.03 Å². The van der Waals surface area contributed by atoms with Crippen LogP contribution in [0, 0.1) is 5.92 Å². The van der Waals surface area contributed by atoms with Crippen molar-refractivity contribution in [2.24, 2.45) is 5.92 Å². The van der Waals surface area contributed by atoms with Gasteiger partial charge in [0, 0.05) is 44.5 Å². The number of carbonyl (C=O) groups is 2. The van der Waals surface area contributed by atoms with Gasteiger partial charge in [0.25, 0.3) is 0 Å². The first-order chi connectivity index (χ1) is 12.2. The normalized spacial score (nSPS) is 18.4. The van der Waals surface area contributed by atoms with Crippen LogP contribution >= 0.6 is 0 Å². The molecule has 1 aliphatic heterocycles. The maximum atomic E-state index is 11.9. The van der Waals surface area contributed by atoms with Crippen LogP contribution in [0.1, 0.15) is 39.0 Å². The standard InChI is InChI=1S/C18H26N4O3/c1-2-19-18(24)22-10-8-15(9-11-22)25-16-7-6-14(12-20-16)21-17(23)13-4-3-5-13/h6-7,12-13,15H,2-5,8-11H2,1H3,(H,19,24)(H,21,23). The molecule has 1 saturated heterocycles. The highest BCUT2D eigenvalue weighted by Crippen LogP contribution is 2.27. The van der Waals surface area contributed by atoms with Crippen molar-refractivity contribution in [2.45, 2.75) is 45.1 Å². The number of amides is 3. The minimum Gasteiger partial charge on any atom is -0.474 e. The summed E-state index contributed by atoms with van der Waals surface area (Å²) in [7, 11) is 0. The average molecular weight is 346 g/mol. The van der Waals surface area contributed by atoms with Crippen molar-refractivity contribution in [3.8, 4) is 5.88 Å². The maximum Gasteiger partial charge on any atom is 0.317 e. The van der Waals surface area contributed by atoms with E-state index in [0.717, 1.165) is 32.1 Å². The summed E-state index contributed by atoms with van der Waals surface area (Å²) < 4.78 is 5.90. The summed E-state index contributed by atoms with van der Waals surface area (Å²) in [5, 5.41) is 5.71. The molecule has 0 bridgehead atoms. The number of urea groups is 1. The average Bonchev–Trinajstić information content (AvgIpc) is 2.56. The summed E-state index contributed by atoms with van der Waals surface area (Å²) in [4.78, 5) is 29.8. The molecule has 3 rings (SSSR count). The summed E-state index contributed by atoms with van der Waals surface area (Å²) in [6.45, 7) is 3.93. The van der Waals surface area contributed by atoms with Crippen molar-refractivity contribution < 1.29 is 14.3 Å². The van der Waals surface area contributed by atoms with Crippen LogP contribution in [0.5, 0.6) is 5.88 Å². The molecule has 7 heteroatoms.